The first kappa shape index (κ1) is 17.0. The highest BCUT2D eigenvalue weighted by atomic mass is 16.3. The van der Waals surface area contributed by atoms with Crippen LogP contribution in [0.15, 0.2) is 41.1 Å². The van der Waals surface area contributed by atoms with E-state index in [0.29, 0.717) is 35.8 Å². The van der Waals surface area contributed by atoms with Crippen molar-refractivity contribution in [1.82, 2.24) is 29.9 Å². The molecule has 1 amide bonds. The van der Waals surface area contributed by atoms with Gasteiger partial charge in [0.05, 0.1) is 29.5 Å². The number of aromatic nitrogens is 5. The summed E-state index contributed by atoms with van der Waals surface area (Å²) in [6, 6.07) is 7.30. The van der Waals surface area contributed by atoms with Crippen molar-refractivity contribution in [1.29, 1.82) is 0 Å². The third-order valence-electron chi connectivity index (χ3n) is 4.53. The van der Waals surface area contributed by atoms with Crippen molar-refractivity contribution in [3.05, 3.63) is 53.7 Å². The number of furan rings is 1. The summed E-state index contributed by atoms with van der Waals surface area (Å²) in [6.07, 6.45) is 3.33. The number of hydrogen-bond donors (Lipinski definition) is 1. The van der Waals surface area contributed by atoms with Crippen LogP contribution in [-0.2, 0) is 13.6 Å². The van der Waals surface area contributed by atoms with Crippen molar-refractivity contribution >= 4 is 16.9 Å². The molecule has 0 aliphatic heterocycles. The van der Waals surface area contributed by atoms with Gasteiger partial charge in [-0.15, -0.1) is 0 Å². The van der Waals surface area contributed by atoms with E-state index in [9.17, 15) is 4.79 Å². The van der Waals surface area contributed by atoms with Gasteiger partial charge < -0.3 is 9.73 Å². The minimum atomic E-state index is -0.170. The molecule has 27 heavy (non-hydrogen) atoms. The van der Waals surface area contributed by atoms with Crippen molar-refractivity contribution < 1.29 is 9.21 Å². The largest absolute Gasteiger partial charge is 0.463 e. The number of hydrogen-bond acceptors (Lipinski definition) is 5. The molecule has 0 aromatic carbocycles. The molecule has 8 nitrogen and oxygen atoms in total. The summed E-state index contributed by atoms with van der Waals surface area (Å²) in [5.74, 6) is 0.438. The number of aryl methyl sites for hydroxylation is 3. The van der Waals surface area contributed by atoms with Crippen LogP contribution in [-0.4, -0.2) is 37.0 Å². The van der Waals surface area contributed by atoms with Gasteiger partial charge in [0.25, 0.3) is 5.91 Å². The molecule has 4 aromatic rings. The number of pyridine rings is 1. The highest BCUT2D eigenvalue weighted by Crippen LogP contribution is 2.27. The fourth-order valence-electron chi connectivity index (χ4n) is 3.18. The molecule has 4 heterocycles. The van der Waals surface area contributed by atoms with E-state index in [2.05, 4.69) is 20.5 Å². The normalized spacial score (nSPS) is 11.2. The Balaban J connectivity index is 1.66. The van der Waals surface area contributed by atoms with Gasteiger partial charge in [-0.2, -0.15) is 10.2 Å². The molecule has 1 N–H and O–H groups in total. The van der Waals surface area contributed by atoms with Crippen molar-refractivity contribution in [3.63, 3.8) is 0 Å². The maximum Gasteiger partial charge on any atom is 0.252 e. The van der Waals surface area contributed by atoms with Gasteiger partial charge in [-0.1, -0.05) is 0 Å². The van der Waals surface area contributed by atoms with Crippen molar-refractivity contribution in [2.75, 3.05) is 6.54 Å². The van der Waals surface area contributed by atoms with Crippen LogP contribution in [0.2, 0.25) is 0 Å². The second-order valence-corrected chi connectivity index (χ2v) is 6.39. The van der Waals surface area contributed by atoms with E-state index in [1.807, 2.05) is 37.7 Å². The van der Waals surface area contributed by atoms with Crippen LogP contribution in [0.1, 0.15) is 21.7 Å². The molecule has 4 aromatic heterocycles. The van der Waals surface area contributed by atoms with Crippen LogP contribution in [0.3, 0.4) is 0 Å². The molecule has 138 valence electrons. The molecular formula is C19H20N6O2. The summed E-state index contributed by atoms with van der Waals surface area (Å²) in [4.78, 5) is 17.5. The zero-order valence-electron chi connectivity index (χ0n) is 15.4. The Morgan fingerprint density at radius 3 is 2.85 bits per heavy atom. The van der Waals surface area contributed by atoms with Crippen LogP contribution < -0.4 is 5.32 Å². The van der Waals surface area contributed by atoms with Gasteiger partial charge >= 0.3 is 0 Å². The smallest absolute Gasteiger partial charge is 0.252 e. The van der Waals surface area contributed by atoms with E-state index in [1.165, 1.54) is 0 Å². The predicted molar refractivity (Wildman–Crippen MR) is 100 cm³/mol. The van der Waals surface area contributed by atoms with Crippen LogP contribution >= 0.6 is 0 Å². The van der Waals surface area contributed by atoms with E-state index < -0.39 is 0 Å². The monoisotopic (exact) mass is 364 g/mol. The molecule has 0 bridgehead atoms. The molecule has 0 radical (unpaired) electrons. The summed E-state index contributed by atoms with van der Waals surface area (Å²) in [7, 11) is 1.82. The topological polar surface area (TPSA) is 90.8 Å². The first-order chi connectivity index (χ1) is 13.0. The van der Waals surface area contributed by atoms with Crippen LogP contribution in [0, 0.1) is 13.8 Å². The summed E-state index contributed by atoms with van der Waals surface area (Å²) in [6.45, 7) is 4.94. The highest BCUT2D eigenvalue weighted by molar-refractivity contribution is 6.07. The summed E-state index contributed by atoms with van der Waals surface area (Å²) < 4.78 is 8.99. The zero-order valence-corrected chi connectivity index (χ0v) is 15.4. The van der Waals surface area contributed by atoms with Gasteiger partial charge in [-0.05, 0) is 38.1 Å². The Morgan fingerprint density at radius 2 is 2.15 bits per heavy atom. The zero-order chi connectivity index (χ0) is 19.0. The lowest BCUT2D eigenvalue weighted by Gasteiger charge is -2.09. The highest BCUT2D eigenvalue weighted by Gasteiger charge is 2.19. The number of carbonyl (C=O) groups is 1. The minimum absolute atomic E-state index is 0.170. The second kappa shape index (κ2) is 6.71. The first-order valence-electron chi connectivity index (χ1n) is 8.69. The van der Waals surface area contributed by atoms with Crippen molar-refractivity contribution in [2.24, 2.45) is 7.05 Å². The van der Waals surface area contributed by atoms with E-state index in [1.54, 1.807) is 29.3 Å². The molecule has 0 aliphatic rings. The third-order valence-corrected chi connectivity index (χ3v) is 4.53. The van der Waals surface area contributed by atoms with E-state index >= 15 is 0 Å². The standard InChI is InChI=1S/C19H20N6O2/c1-12-6-7-21-25(12)9-8-20-19(26)14-11-15(16-5-4-10-27-16)22-18-17(14)13(2)23-24(18)3/h4-7,10-11H,8-9H2,1-3H3,(H,20,26). The predicted octanol–water partition coefficient (Wildman–Crippen LogP) is 2.47. The van der Waals surface area contributed by atoms with Crippen LogP contribution in [0.4, 0.5) is 0 Å². The molecule has 4 rings (SSSR count). The minimum Gasteiger partial charge on any atom is -0.463 e. The van der Waals surface area contributed by atoms with Gasteiger partial charge in [0.2, 0.25) is 0 Å². The molecule has 0 aliphatic carbocycles. The molecule has 8 heteroatoms. The van der Waals surface area contributed by atoms with Gasteiger partial charge in [-0.25, -0.2) is 4.98 Å². The fraction of sp³-hybridized carbons (Fsp3) is 0.263. The number of rotatable bonds is 5. The number of nitrogens with zero attached hydrogens (tertiary/aromatic N) is 5. The van der Waals surface area contributed by atoms with E-state index in [4.69, 9.17) is 4.42 Å². The lowest BCUT2D eigenvalue weighted by molar-refractivity contribution is 0.0953. The van der Waals surface area contributed by atoms with Crippen molar-refractivity contribution in [2.45, 2.75) is 20.4 Å². The molecule has 0 saturated heterocycles. The van der Waals surface area contributed by atoms with E-state index in [0.717, 1.165) is 16.8 Å². The van der Waals surface area contributed by atoms with Gasteiger partial charge in [0.15, 0.2) is 11.4 Å². The average Bonchev–Trinajstić information content (AvgIpc) is 3.37. The quantitative estimate of drug-likeness (QED) is 0.587. The number of nitrogens with one attached hydrogen (secondary N) is 1. The lowest BCUT2D eigenvalue weighted by atomic mass is 10.1. The molecule has 0 saturated carbocycles. The second-order valence-electron chi connectivity index (χ2n) is 6.39. The van der Waals surface area contributed by atoms with E-state index in [-0.39, 0.29) is 5.91 Å². The number of amides is 1. The van der Waals surface area contributed by atoms with Crippen LogP contribution in [0.5, 0.6) is 0 Å². The summed E-state index contributed by atoms with van der Waals surface area (Å²) in [5.41, 5.74) is 3.60. The van der Waals surface area contributed by atoms with Crippen LogP contribution in [0.25, 0.3) is 22.5 Å². The fourth-order valence-corrected chi connectivity index (χ4v) is 3.18. The number of carbonyl (C=O) groups excluding carboxylic acids is 1. The molecule has 0 fully saturated rings. The maximum absolute atomic E-state index is 12.9. The maximum atomic E-state index is 12.9. The molecule has 0 unspecified atom stereocenters. The Kier molecular flexibility index (Phi) is 4.23. The third kappa shape index (κ3) is 3.10. The van der Waals surface area contributed by atoms with Gasteiger partial charge in [0.1, 0.15) is 5.69 Å². The van der Waals surface area contributed by atoms with Gasteiger partial charge in [-0.3, -0.25) is 14.2 Å². The number of fused-ring (bicyclic) bond motifs is 1. The lowest BCUT2D eigenvalue weighted by Crippen LogP contribution is -2.28. The van der Waals surface area contributed by atoms with Crippen molar-refractivity contribution in [3.8, 4) is 11.5 Å². The SMILES string of the molecule is Cc1nn(C)c2nc(-c3ccco3)cc(C(=O)NCCn3nccc3C)c12. The summed E-state index contributed by atoms with van der Waals surface area (Å²) >= 11 is 0. The Labute approximate surface area is 155 Å². The Hall–Kier alpha value is -3.42. The Morgan fingerprint density at radius 1 is 1.30 bits per heavy atom. The average molecular weight is 364 g/mol. The molecular weight excluding hydrogens is 344 g/mol. The first-order valence-corrected chi connectivity index (χ1v) is 8.69. The molecule has 0 spiro atoms. The Bertz CT molecular complexity index is 1110. The van der Waals surface area contributed by atoms with Gasteiger partial charge in [0, 0.05) is 25.5 Å². The summed E-state index contributed by atoms with van der Waals surface area (Å²) in [5, 5.41) is 12.4. The molecule has 0 atom stereocenters.